The van der Waals surface area contributed by atoms with E-state index in [2.05, 4.69) is 39.0 Å². The Labute approximate surface area is 255 Å². The SMILES string of the molecule is COC(=O)CCCCC1=C[C@@H]2C[C@@H](OC3CCCCO3)[C@H](C(=CCC[C@H](C)CCC=C(C)C)OC3CCCCO3)[C@@H]2C1. The number of carbonyl (C=O) groups is 1. The van der Waals surface area contributed by atoms with Crippen LogP contribution in [0.4, 0.5) is 0 Å². The van der Waals surface area contributed by atoms with Crippen LogP contribution in [0.25, 0.3) is 0 Å². The molecule has 6 heteroatoms. The summed E-state index contributed by atoms with van der Waals surface area (Å²) in [6.07, 6.45) is 23.8. The van der Waals surface area contributed by atoms with Gasteiger partial charge in [0.15, 0.2) is 12.6 Å². The molecule has 0 radical (unpaired) electrons. The number of unbranched alkanes of at least 4 members (excludes halogenated alkanes) is 1. The topological polar surface area (TPSA) is 63.2 Å². The van der Waals surface area contributed by atoms with Crippen molar-refractivity contribution >= 4 is 5.97 Å². The van der Waals surface area contributed by atoms with Crippen LogP contribution >= 0.6 is 0 Å². The van der Waals surface area contributed by atoms with Gasteiger partial charge < -0.3 is 23.7 Å². The van der Waals surface area contributed by atoms with E-state index in [-0.39, 0.29) is 30.6 Å². The van der Waals surface area contributed by atoms with Gasteiger partial charge in [0.25, 0.3) is 0 Å². The maximum Gasteiger partial charge on any atom is 0.305 e. The van der Waals surface area contributed by atoms with E-state index in [0.717, 1.165) is 102 Å². The van der Waals surface area contributed by atoms with E-state index < -0.39 is 0 Å². The van der Waals surface area contributed by atoms with Crippen LogP contribution in [0.15, 0.2) is 35.1 Å². The third-order valence-corrected chi connectivity index (χ3v) is 9.64. The third-order valence-electron chi connectivity index (χ3n) is 9.64. The standard InChI is InChI=1S/C36H58O6/c1-26(2)13-11-14-27(3)15-12-17-31(41-34-19-7-9-21-39-34)36-30-24-28(16-5-6-18-33(37)38-4)23-29(30)25-32(36)42-35-20-8-10-22-40-35/h13,17,23,27,29-30,32,34-36H,5-12,14-16,18-22,24-25H2,1-4H3/t27-,29-,30-,32-,34?,35?,36+/m1/s1. The Hall–Kier alpha value is -1.63. The minimum absolute atomic E-state index is 0.102. The monoisotopic (exact) mass is 586 g/mol. The minimum atomic E-state index is -0.155. The van der Waals surface area contributed by atoms with Crippen LogP contribution < -0.4 is 0 Å². The van der Waals surface area contributed by atoms with Crippen LogP contribution in [-0.4, -0.2) is 45.0 Å². The zero-order valence-corrected chi connectivity index (χ0v) is 27.0. The Bertz CT molecular complexity index is 906. The highest BCUT2D eigenvalue weighted by Crippen LogP contribution is 2.52. The first-order valence-electron chi connectivity index (χ1n) is 17.1. The molecular formula is C36H58O6. The van der Waals surface area contributed by atoms with Crippen molar-refractivity contribution < 1.29 is 28.5 Å². The normalized spacial score (nSPS) is 30.4. The van der Waals surface area contributed by atoms with Crippen LogP contribution in [0.5, 0.6) is 0 Å². The summed E-state index contributed by atoms with van der Waals surface area (Å²) in [6.45, 7) is 8.32. The zero-order valence-electron chi connectivity index (χ0n) is 27.0. The zero-order chi connectivity index (χ0) is 29.7. The molecule has 4 rings (SSSR count). The smallest absolute Gasteiger partial charge is 0.305 e. The first-order valence-corrected chi connectivity index (χ1v) is 17.1. The van der Waals surface area contributed by atoms with Gasteiger partial charge in [0, 0.05) is 25.4 Å². The van der Waals surface area contributed by atoms with E-state index in [1.54, 1.807) is 0 Å². The number of hydrogen-bond acceptors (Lipinski definition) is 6. The van der Waals surface area contributed by atoms with Crippen molar-refractivity contribution in [3.8, 4) is 0 Å². The van der Waals surface area contributed by atoms with E-state index >= 15 is 0 Å². The lowest BCUT2D eigenvalue weighted by Crippen LogP contribution is -2.34. The summed E-state index contributed by atoms with van der Waals surface area (Å²) in [7, 11) is 1.47. The molecule has 7 atom stereocenters. The Morgan fingerprint density at radius 1 is 1.00 bits per heavy atom. The Balaban J connectivity index is 1.46. The second-order valence-corrected chi connectivity index (χ2v) is 13.4. The molecular weight excluding hydrogens is 528 g/mol. The predicted octanol–water partition coefficient (Wildman–Crippen LogP) is 8.80. The molecule has 2 aliphatic carbocycles. The summed E-state index contributed by atoms with van der Waals surface area (Å²) in [5.74, 6) is 2.87. The number of methoxy groups -OCH3 is 1. The Kier molecular flexibility index (Phi) is 13.9. The number of ether oxygens (including phenoxy) is 5. The summed E-state index contributed by atoms with van der Waals surface area (Å²) in [4.78, 5) is 11.6. The number of carbonyl (C=O) groups excluding carboxylic acids is 1. The van der Waals surface area contributed by atoms with Gasteiger partial charge >= 0.3 is 5.97 Å². The second kappa shape index (κ2) is 17.6. The summed E-state index contributed by atoms with van der Waals surface area (Å²) in [5.41, 5.74) is 2.94. The molecule has 0 amide bonds. The van der Waals surface area contributed by atoms with Gasteiger partial charge in [-0.25, -0.2) is 0 Å². The molecule has 0 spiro atoms. The number of esters is 1. The summed E-state index contributed by atoms with van der Waals surface area (Å²) < 4.78 is 30.6. The quantitative estimate of drug-likeness (QED) is 0.0779. The molecule has 2 aliphatic heterocycles. The van der Waals surface area contributed by atoms with Crippen LogP contribution in [-0.2, 0) is 28.5 Å². The van der Waals surface area contributed by atoms with Crippen LogP contribution in [0, 0.1) is 23.7 Å². The van der Waals surface area contributed by atoms with Gasteiger partial charge in [-0.05, 0) is 128 Å². The summed E-state index contributed by atoms with van der Waals surface area (Å²) in [5, 5.41) is 0. The molecule has 238 valence electrons. The molecule has 0 N–H and O–H groups in total. The van der Waals surface area contributed by atoms with Crippen LogP contribution in [0.2, 0.25) is 0 Å². The molecule has 2 saturated heterocycles. The van der Waals surface area contributed by atoms with Gasteiger partial charge in [-0.15, -0.1) is 0 Å². The lowest BCUT2D eigenvalue weighted by molar-refractivity contribution is -0.200. The minimum Gasteiger partial charge on any atom is -0.469 e. The first kappa shape index (κ1) is 33.3. The molecule has 0 aromatic carbocycles. The van der Waals surface area contributed by atoms with Crippen molar-refractivity contribution in [3.05, 3.63) is 35.1 Å². The van der Waals surface area contributed by atoms with Crippen LogP contribution in [0.3, 0.4) is 0 Å². The first-order chi connectivity index (χ1) is 20.4. The van der Waals surface area contributed by atoms with Crippen molar-refractivity contribution in [2.45, 2.75) is 142 Å². The van der Waals surface area contributed by atoms with Crippen LogP contribution in [0.1, 0.15) is 124 Å². The number of hydrogen-bond donors (Lipinski definition) is 0. The highest BCUT2D eigenvalue weighted by molar-refractivity contribution is 5.68. The van der Waals surface area contributed by atoms with Crippen molar-refractivity contribution in [2.24, 2.45) is 23.7 Å². The molecule has 2 unspecified atom stereocenters. The predicted molar refractivity (Wildman–Crippen MR) is 167 cm³/mol. The molecule has 4 aliphatic rings. The van der Waals surface area contributed by atoms with Gasteiger partial charge in [0.05, 0.1) is 19.8 Å². The van der Waals surface area contributed by atoms with Gasteiger partial charge in [-0.3, -0.25) is 4.79 Å². The van der Waals surface area contributed by atoms with Gasteiger partial charge in [0.2, 0.25) is 0 Å². The molecule has 0 bridgehead atoms. The maximum atomic E-state index is 11.6. The average molecular weight is 587 g/mol. The lowest BCUT2D eigenvalue weighted by atomic mass is 9.86. The molecule has 0 aromatic heterocycles. The van der Waals surface area contributed by atoms with Crippen molar-refractivity contribution in [1.82, 2.24) is 0 Å². The number of fused-ring (bicyclic) bond motifs is 1. The third kappa shape index (κ3) is 10.5. The van der Waals surface area contributed by atoms with E-state index in [1.165, 1.54) is 31.1 Å². The largest absolute Gasteiger partial charge is 0.469 e. The molecule has 3 fully saturated rings. The highest BCUT2D eigenvalue weighted by atomic mass is 16.7. The van der Waals surface area contributed by atoms with Gasteiger partial charge in [-0.2, -0.15) is 0 Å². The molecule has 42 heavy (non-hydrogen) atoms. The van der Waals surface area contributed by atoms with E-state index in [0.29, 0.717) is 24.2 Å². The highest BCUT2D eigenvalue weighted by Gasteiger charge is 2.49. The fourth-order valence-electron chi connectivity index (χ4n) is 7.26. The van der Waals surface area contributed by atoms with Crippen molar-refractivity contribution in [2.75, 3.05) is 20.3 Å². The maximum absolute atomic E-state index is 11.6. The van der Waals surface area contributed by atoms with Crippen molar-refractivity contribution in [1.29, 1.82) is 0 Å². The molecule has 1 saturated carbocycles. The molecule has 2 heterocycles. The summed E-state index contributed by atoms with van der Waals surface area (Å²) in [6, 6.07) is 0. The van der Waals surface area contributed by atoms with Gasteiger partial charge in [0.1, 0.15) is 5.76 Å². The number of allylic oxidation sites excluding steroid dienone is 5. The van der Waals surface area contributed by atoms with E-state index in [1.807, 2.05) is 0 Å². The van der Waals surface area contributed by atoms with E-state index in [4.69, 9.17) is 23.7 Å². The number of rotatable bonds is 16. The average Bonchev–Trinajstić information content (AvgIpc) is 3.52. The van der Waals surface area contributed by atoms with Crippen molar-refractivity contribution in [3.63, 3.8) is 0 Å². The van der Waals surface area contributed by atoms with Gasteiger partial charge in [-0.1, -0.05) is 30.2 Å². The second-order valence-electron chi connectivity index (χ2n) is 13.4. The Morgan fingerprint density at radius 2 is 1.71 bits per heavy atom. The lowest BCUT2D eigenvalue weighted by Gasteiger charge is -2.34. The van der Waals surface area contributed by atoms with E-state index in [9.17, 15) is 4.79 Å². The molecule has 6 nitrogen and oxygen atoms in total. The Morgan fingerprint density at radius 3 is 2.38 bits per heavy atom. The fourth-order valence-corrected chi connectivity index (χ4v) is 7.26. The summed E-state index contributed by atoms with van der Waals surface area (Å²) >= 11 is 0. The molecule has 0 aromatic rings. The fraction of sp³-hybridized carbons (Fsp3) is 0.806.